The van der Waals surface area contributed by atoms with Gasteiger partial charge in [0.2, 0.25) is 0 Å². The first-order valence-electron chi connectivity index (χ1n) is 5.89. The van der Waals surface area contributed by atoms with Crippen molar-refractivity contribution in [2.75, 3.05) is 12.4 Å². The number of thiophene rings is 1. The van der Waals surface area contributed by atoms with Gasteiger partial charge in [0.15, 0.2) is 0 Å². The van der Waals surface area contributed by atoms with E-state index < -0.39 is 0 Å². The molecule has 6 heteroatoms. The molecule has 1 aromatic heterocycles. The van der Waals surface area contributed by atoms with Crippen molar-refractivity contribution in [2.45, 2.75) is 13.0 Å². The molecule has 2 aromatic rings. The smallest absolute Gasteiger partial charge is 0.339 e. The molecule has 0 saturated carbocycles. The molecule has 106 valence electrons. The summed E-state index contributed by atoms with van der Waals surface area (Å²) in [6.45, 7) is 2.03. The molecule has 0 bridgehead atoms. The van der Waals surface area contributed by atoms with Gasteiger partial charge in [-0.2, -0.15) is 0 Å². The molecule has 0 amide bonds. The highest BCUT2D eigenvalue weighted by molar-refractivity contribution is 9.10. The molecule has 20 heavy (non-hydrogen) atoms. The number of carbonyl (C=O) groups is 1. The van der Waals surface area contributed by atoms with Gasteiger partial charge in [-0.25, -0.2) is 4.79 Å². The molecule has 0 fully saturated rings. The van der Waals surface area contributed by atoms with Gasteiger partial charge < -0.3 is 10.1 Å². The van der Waals surface area contributed by atoms with Gasteiger partial charge in [0.25, 0.3) is 0 Å². The van der Waals surface area contributed by atoms with Crippen molar-refractivity contribution in [3.8, 4) is 0 Å². The average Bonchev–Trinajstić information content (AvgIpc) is 2.85. The van der Waals surface area contributed by atoms with E-state index in [4.69, 9.17) is 16.3 Å². The maximum atomic E-state index is 11.8. The molecule has 0 spiro atoms. The van der Waals surface area contributed by atoms with E-state index in [0.717, 1.165) is 9.35 Å². The largest absolute Gasteiger partial charge is 0.465 e. The zero-order chi connectivity index (χ0) is 14.7. The Labute approximate surface area is 135 Å². The lowest BCUT2D eigenvalue weighted by molar-refractivity contribution is 0.0602. The highest BCUT2D eigenvalue weighted by Gasteiger charge is 2.15. The van der Waals surface area contributed by atoms with E-state index in [1.807, 2.05) is 18.4 Å². The van der Waals surface area contributed by atoms with Crippen LogP contribution < -0.4 is 5.32 Å². The number of ether oxygens (including phenoxy) is 1. The Balaban J connectivity index is 2.28. The van der Waals surface area contributed by atoms with Gasteiger partial charge in [0.1, 0.15) is 0 Å². The summed E-state index contributed by atoms with van der Waals surface area (Å²) >= 11 is 11.1. The number of anilines is 1. The molecule has 1 heterocycles. The molecule has 1 unspecified atom stereocenters. The van der Waals surface area contributed by atoms with E-state index in [-0.39, 0.29) is 12.0 Å². The first-order valence-corrected chi connectivity index (χ1v) is 7.94. The van der Waals surface area contributed by atoms with Crippen molar-refractivity contribution in [2.24, 2.45) is 0 Å². The van der Waals surface area contributed by atoms with E-state index in [1.54, 1.807) is 29.5 Å². The maximum absolute atomic E-state index is 11.8. The van der Waals surface area contributed by atoms with Crippen LogP contribution in [-0.4, -0.2) is 13.1 Å². The Bertz CT molecular complexity index is 629. The summed E-state index contributed by atoms with van der Waals surface area (Å²) in [6.07, 6.45) is 0. The topological polar surface area (TPSA) is 38.3 Å². The Morgan fingerprint density at radius 3 is 2.80 bits per heavy atom. The van der Waals surface area contributed by atoms with Crippen LogP contribution in [0.2, 0.25) is 5.02 Å². The van der Waals surface area contributed by atoms with Crippen molar-refractivity contribution in [1.29, 1.82) is 0 Å². The van der Waals surface area contributed by atoms with E-state index in [0.29, 0.717) is 16.3 Å². The summed E-state index contributed by atoms with van der Waals surface area (Å²) < 4.78 is 5.83. The molecule has 3 nitrogen and oxygen atoms in total. The third-order valence-corrected chi connectivity index (χ3v) is 4.88. The van der Waals surface area contributed by atoms with E-state index >= 15 is 0 Å². The number of hydrogen-bond acceptors (Lipinski definition) is 4. The van der Waals surface area contributed by atoms with Gasteiger partial charge in [0.05, 0.1) is 24.4 Å². The first-order chi connectivity index (χ1) is 9.51. The minimum absolute atomic E-state index is 0.0631. The lowest BCUT2D eigenvalue weighted by Gasteiger charge is -2.16. The number of hydrogen-bond donors (Lipinski definition) is 1. The third kappa shape index (κ3) is 3.53. The fraction of sp³-hybridized carbons (Fsp3) is 0.214. The number of rotatable bonds is 4. The molecule has 1 aromatic carbocycles. The van der Waals surface area contributed by atoms with E-state index in [9.17, 15) is 4.79 Å². The van der Waals surface area contributed by atoms with Crippen molar-refractivity contribution in [3.63, 3.8) is 0 Å². The fourth-order valence-electron chi connectivity index (χ4n) is 1.78. The van der Waals surface area contributed by atoms with Crippen LogP contribution in [0.5, 0.6) is 0 Å². The lowest BCUT2D eigenvalue weighted by atomic mass is 10.1. The molecule has 0 aliphatic heterocycles. The van der Waals surface area contributed by atoms with Crippen molar-refractivity contribution in [1.82, 2.24) is 0 Å². The SMILES string of the molecule is COC(=O)c1ccc(Cl)cc1NC(C)c1cc(Br)cs1. The number of halogens is 2. The predicted molar refractivity (Wildman–Crippen MR) is 86.8 cm³/mol. The molecule has 0 aliphatic carbocycles. The molecule has 0 saturated heterocycles. The Hall–Kier alpha value is -1.04. The standard InChI is InChI=1S/C14H13BrClNO2S/c1-8(13-5-9(15)7-20-13)17-12-6-10(16)3-4-11(12)14(18)19-2/h3-8,17H,1-2H3. The lowest BCUT2D eigenvalue weighted by Crippen LogP contribution is -2.11. The molecule has 0 aliphatic rings. The minimum Gasteiger partial charge on any atom is -0.465 e. The quantitative estimate of drug-likeness (QED) is 0.754. The second kappa shape index (κ2) is 6.61. The number of benzene rings is 1. The molecular formula is C14H13BrClNO2S. The number of methoxy groups -OCH3 is 1. The van der Waals surface area contributed by atoms with Crippen molar-refractivity contribution < 1.29 is 9.53 Å². The molecule has 0 radical (unpaired) electrons. The second-order valence-corrected chi connectivity index (χ2v) is 6.51. The Morgan fingerprint density at radius 1 is 1.45 bits per heavy atom. The van der Waals surface area contributed by atoms with Crippen LogP contribution in [0, 0.1) is 0 Å². The average molecular weight is 375 g/mol. The van der Waals surface area contributed by atoms with Gasteiger partial charge in [-0.15, -0.1) is 11.3 Å². The van der Waals surface area contributed by atoms with Crippen LogP contribution in [0.1, 0.15) is 28.2 Å². The van der Waals surface area contributed by atoms with Crippen LogP contribution in [0.3, 0.4) is 0 Å². The van der Waals surface area contributed by atoms with Crippen molar-refractivity contribution >= 4 is 50.5 Å². The monoisotopic (exact) mass is 373 g/mol. The van der Waals surface area contributed by atoms with Gasteiger partial charge in [-0.3, -0.25) is 0 Å². The Kier molecular flexibility index (Phi) is 5.07. The molecular weight excluding hydrogens is 362 g/mol. The fourth-order valence-corrected chi connectivity index (χ4v) is 3.41. The van der Waals surface area contributed by atoms with Crippen LogP contribution in [-0.2, 0) is 4.74 Å². The Morgan fingerprint density at radius 2 is 2.20 bits per heavy atom. The first kappa shape index (κ1) is 15.4. The number of nitrogens with one attached hydrogen (secondary N) is 1. The van der Waals surface area contributed by atoms with Gasteiger partial charge >= 0.3 is 5.97 Å². The highest BCUT2D eigenvalue weighted by Crippen LogP contribution is 2.30. The predicted octanol–water partition coefficient (Wildman–Crippen LogP) is 5.12. The summed E-state index contributed by atoms with van der Waals surface area (Å²) in [7, 11) is 1.36. The zero-order valence-corrected chi connectivity index (χ0v) is 14.1. The summed E-state index contributed by atoms with van der Waals surface area (Å²) in [5, 5.41) is 5.89. The van der Waals surface area contributed by atoms with Gasteiger partial charge in [-0.1, -0.05) is 11.6 Å². The number of esters is 1. The third-order valence-electron chi connectivity index (χ3n) is 2.77. The molecule has 1 atom stereocenters. The molecule has 2 rings (SSSR count). The minimum atomic E-state index is -0.385. The number of carbonyl (C=O) groups excluding carboxylic acids is 1. The van der Waals surface area contributed by atoms with E-state index in [1.165, 1.54) is 7.11 Å². The highest BCUT2D eigenvalue weighted by atomic mass is 79.9. The van der Waals surface area contributed by atoms with Crippen LogP contribution in [0.15, 0.2) is 34.1 Å². The van der Waals surface area contributed by atoms with Crippen LogP contribution in [0.25, 0.3) is 0 Å². The summed E-state index contributed by atoms with van der Waals surface area (Å²) in [5.74, 6) is -0.385. The molecule has 1 N–H and O–H groups in total. The second-order valence-electron chi connectivity index (χ2n) is 4.21. The summed E-state index contributed by atoms with van der Waals surface area (Å²) in [5.41, 5.74) is 1.14. The normalized spacial score (nSPS) is 12.0. The van der Waals surface area contributed by atoms with Crippen LogP contribution in [0.4, 0.5) is 5.69 Å². The summed E-state index contributed by atoms with van der Waals surface area (Å²) in [6, 6.07) is 7.17. The van der Waals surface area contributed by atoms with Gasteiger partial charge in [-0.05, 0) is 47.1 Å². The van der Waals surface area contributed by atoms with Crippen LogP contribution >= 0.6 is 38.9 Å². The van der Waals surface area contributed by atoms with E-state index in [2.05, 4.69) is 21.2 Å². The van der Waals surface area contributed by atoms with Gasteiger partial charge in [0, 0.05) is 19.8 Å². The maximum Gasteiger partial charge on any atom is 0.339 e. The summed E-state index contributed by atoms with van der Waals surface area (Å²) in [4.78, 5) is 12.9. The van der Waals surface area contributed by atoms with Crippen molar-refractivity contribution in [3.05, 3.63) is 49.6 Å². The zero-order valence-electron chi connectivity index (χ0n) is 10.9.